The number of fused-ring (bicyclic) bond motifs is 2. The smallest absolute Gasteiger partial charge is 0.748 e. The van der Waals surface area contributed by atoms with Crippen LogP contribution in [0.2, 0.25) is 0 Å². The van der Waals surface area contributed by atoms with Gasteiger partial charge in [0, 0.05) is 41.5 Å². The summed E-state index contributed by atoms with van der Waals surface area (Å²) in [6, 6.07) is 32.4. The third kappa shape index (κ3) is 11.8. The monoisotopic (exact) mass is 806 g/mol. The summed E-state index contributed by atoms with van der Waals surface area (Å²) in [7, 11) is -8.74. The molecular formula is C41H39N2NaO6S4. The van der Waals surface area contributed by atoms with Gasteiger partial charge in [0.1, 0.15) is 4.70 Å². The predicted octanol–water partition coefficient (Wildman–Crippen LogP) is 5.65. The first-order chi connectivity index (χ1) is 25.4. The second-order valence-electron chi connectivity index (χ2n) is 12.6. The minimum absolute atomic E-state index is 0. The average molecular weight is 807 g/mol. The molecule has 1 aliphatic rings. The largest absolute Gasteiger partial charge is 1.00 e. The van der Waals surface area contributed by atoms with E-state index in [1.807, 2.05) is 85.0 Å². The molecule has 0 saturated heterocycles. The van der Waals surface area contributed by atoms with E-state index in [1.165, 1.54) is 0 Å². The molecule has 1 aliphatic heterocycles. The second kappa shape index (κ2) is 19.0. The van der Waals surface area contributed by atoms with Gasteiger partial charge in [-0.3, -0.25) is 0 Å². The Kier molecular flexibility index (Phi) is 14.8. The molecule has 0 radical (unpaired) electrons. The van der Waals surface area contributed by atoms with Gasteiger partial charge in [0.15, 0.2) is 6.54 Å². The molecule has 6 rings (SSSR count). The number of thioether (sulfide) groups is 1. The summed E-state index contributed by atoms with van der Waals surface area (Å²) in [5, 5.41) is 1.83. The van der Waals surface area contributed by atoms with Crippen LogP contribution in [0, 0.1) is 0 Å². The van der Waals surface area contributed by atoms with E-state index in [0.717, 1.165) is 58.7 Å². The van der Waals surface area contributed by atoms with Gasteiger partial charge in [-0.15, -0.1) is 0 Å². The van der Waals surface area contributed by atoms with Gasteiger partial charge in [0.2, 0.25) is 5.52 Å². The van der Waals surface area contributed by atoms with Crippen LogP contribution in [-0.2, 0) is 26.8 Å². The predicted molar refractivity (Wildman–Crippen MR) is 217 cm³/mol. The molecule has 274 valence electrons. The summed E-state index contributed by atoms with van der Waals surface area (Å²) in [6.45, 7) is 2.76. The van der Waals surface area contributed by atoms with Crippen LogP contribution < -0.4 is 39.0 Å². The van der Waals surface area contributed by atoms with Crippen LogP contribution in [0.1, 0.15) is 53.4 Å². The third-order valence-corrected chi connectivity index (χ3v) is 12.4. The van der Waals surface area contributed by atoms with Crippen molar-refractivity contribution in [2.45, 2.75) is 37.6 Å². The summed E-state index contributed by atoms with van der Waals surface area (Å²) in [6.07, 6.45) is 13.4. The molecule has 5 aromatic rings. The number of aryl methyl sites for hydroxylation is 1. The van der Waals surface area contributed by atoms with Gasteiger partial charge in [-0.05, 0) is 64.9 Å². The molecule has 0 aliphatic carbocycles. The van der Waals surface area contributed by atoms with E-state index < -0.39 is 31.7 Å². The zero-order chi connectivity index (χ0) is 37.4. The van der Waals surface area contributed by atoms with Crippen LogP contribution in [0.5, 0.6) is 0 Å². The van der Waals surface area contributed by atoms with Gasteiger partial charge < -0.3 is 14.0 Å². The van der Waals surface area contributed by atoms with Crippen LogP contribution in [0.4, 0.5) is 5.69 Å². The number of hydrogen-bond donors (Lipinski definition) is 0. The fourth-order valence-corrected chi connectivity index (χ4v) is 9.25. The van der Waals surface area contributed by atoms with Crippen molar-refractivity contribution in [3.63, 3.8) is 0 Å². The van der Waals surface area contributed by atoms with E-state index in [0.29, 0.717) is 19.5 Å². The van der Waals surface area contributed by atoms with Gasteiger partial charge in [0.05, 0.1) is 31.0 Å². The van der Waals surface area contributed by atoms with Crippen molar-refractivity contribution in [2.24, 2.45) is 0 Å². The quantitative estimate of drug-likeness (QED) is 0.0577. The molecule has 0 atom stereocenters. The Morgan fingerprint density at radius 1 is 0.741 bits per heavy atom. The zero-order valence-electron chi connectivity index (χ0n) is 30.1. The Balaban J connectivity index is 0.00000561. The molecule has 0 bridgehead atoms. The second-order valence-corrected chi connectivity index (χ2v) is 17.7. The van der Waals surface area contributed by atoms with Crippen molar-refractivity contribution in [3.8, 4) is 0 Å². The molecule has 0 fully saturated rings. The van der Waals surface area contributed by atoms with E-state index in [1.54, 1.807) is 23.1 Å². The summed E-state index contributed by atoms with van der Waals surface area (Å²) in [5.41, 5.74) is 7.03. The normalized spacial score (nSPS) is 14.4. The van der Waals surface area contributed by atoms with E-state index in [4.69, 9.17) is 0 Å². The molecule has 2 heterocycles. The third-order valence-electron chi connectivity index (χ3n) is 8.62. The summed E-state index contributed by atoms with van der Waals surface area (Å²) >= 11 is 3.19. The first-order valence-corrected chi connectivity index (χ1v) is 22.0. The number of anilines is 1. The van der Waals surface area contributed by atoms with Gasteiger partial charge >= 0.3 is 29.6 Å². The van der Waals surface area contributed by atoms with Crippen molar-refractivity contribution in [2.75, 3.05) is 23.0 Å². The number of rotatable bonds is 15. The molecule has 4 aromatic carbocycles. The van der Waals surface area contributed by atoms with Crippen molar-refractivity contribution in [1.82, 2.24) is 0 Å². The summed E-state index contributed by atoms with van der Waals surface area (Å²) in [4.78, 5) is 3.11. The first-order valence-electron chi connectivity index (χ1n) is 17.3. The molecular weight excluding hydrogens is 768 g/mol. The van der Waals surface area contributed by atoms with E-state index in [2.05, 4.69) is 64.9 Å². The topological polar surface area (TPSA) is 122 Å². The van der Waals surface area contributed by atoms with Crippen molar-refractivity contribution < 1.29 is 60.1 Å². The average Bonchev–Trinajstić information content (AvgIpc) is 3.65. The van der Waals surface area contributed by atoms with Crippen LogP contribution in [-0.4, -0.2) is 44.0 Å². The number of hydrogen-bond acceptors (Lipinski definition) is 9. The minimum Gasteiger partial charge on any atom is -0.748 e. The molecule has 8 nitrogen and oxygen atoms in total. The summed E-state index contributed by atoms with van der Waals surface area (Å²) < 4.78 is 72.3. The van der Waals surface area contributed by atoms with Gasteiger partial charge in [-0.25, -0.2) is 16.8 Å². The standard InChI is InChI=1S/C41H40N2O6S4.Na/c1-2-31(29-40-42(23-9-25-52(44,45)46)36-27-34(19-21-38(36)50-40)17-15-32-11-5-3-6-12-32)30-41-43(24-10-26-53(47,48)49)37-28-35(20-22-39(37)51-41)18-16-33-13-7-4-8-14-33;/h3-8,11-22,27-30H,2,9-10,23-26H2,1H3,(H-,44,45,46,47,48,49);/q;+1/p-1. The number of thiazole rings is 1. The first kappa shape index (κ1) is 41.9. The molecule has 0 unspecified atom stereocenters. The van der Waals surface area contributed by atoms with Gasteiger partial charge in [-0.1, -0.05) is 127 Å². The van der Waals surface area contributed by atoms with Gasteiger partial charge in [0.25, 0.3) is 5.01 Å². The fourth-order valence-electron chi connectivity index (χ4n) is 5.99. The van der Waals surface area contributed by atoms with Crippen LogP contribution in [0.25, 0.3) is 40.6 Å². The van der Waals surface area contributed by atoms with Crippen LogP contribution in [0.15, 0.2) is 119 Å². The van der Waals surface area contributed by atoms with Crippen molar-refractivity contribution in [1.29, 1.82) is 0 Å². The molecule has 54 heavy (non-hydrogen) atoms. The maximum Gasteiger partial charge on any atom is 1.00 e. The Hall–Kier alpha value is -3.30. The Labute approximate surface area is 348 Å². The minimum atomic E-state index is -4.37. The molecule has 0 spiro atoms. The van der Waals surface area contributed by atoms with Gasteiger partial charge in [-0.2, -0.15) is 4.57 Å². The van der Waals surface area contributed by atoms with Crippen molar-refractivity contribution in [3.05, 3.63) is 141 Å². The molecule has 0 N–H and O–H groups in total. The van der Waals surface area contributed by atoms with Crippen LogP contribution in [0.3, 0.4) is 0 Å². The maximum absolute atomic E-state index is 11.5. The molecule has 0 amide bonds. The molecule has 1 aromatic heterocycles. The number of benzene rings is 4. The number of nitrogens with zero attached hydrogens (tertiary/aromatic N) is 2. The van der Waals surface area contributed by atoms with Crippen LogP contribution >= 0.6 is 23.1 Å². The molecule has 0 saturated carbocycles. The molecule has 13 heteroatoms. The Morgan fingerprint density at radius 3 is 1.93 bits per heavy atom. The SMILES string of the molecule is CCC(=Cc1sc2ccc(C=Cc3ccccc3)cc2[n+]1CCCS(=O)(=O)[O-])C=C1Sc2ccc(C=Cc3ccccc3)cc2N1CCCS(=O)(=O)[O-].[Na+]. The van der Waals surface area contributed by atoms with E-state index >= 15 is 0 Å². The Bertz CT molecular complexity index is 2430. The maximum atomic E-state index is 11.5. The van der Waals surface area contributed by atoms with E-state index in [9.17, 15) is 25.9 Å². The summed E-state index contributed by atoms with van der Waals surface area (Å²) in [5.74, 6) is -0.908. The van der Waals surface area contributed by atoms with Crippen molar-refractivity contribution >= 4 is 89.6 Å². The number of allylic oxidation sites excluding steroid dienone is 2. The fraction of sp³-hybridized carbons (Fsp3) is 0.195. The zero-order valence-corrected chi connectivity index (χ0v) is 35.4. The Morgan fingerprint density at radius 2 is 1.31 bits per heavy atom. The number of aromatic nitrogens is 1. The van der Waals surface area contributed by atoms with E-state index in [-0.39, 0.29) is 42.4 Å².